The molecule has 0 aliphatic carbocycles. The van der Waals surface area contributed by atoms with Gasteiger partial charge in [-0.15, -0.1) is 0 Å². The first-order chi connectivity index (χ1) is 27.5. The van der Waals surface area contributed by atoms with Gasteiger partial charge < -0.3 is 13.7 Å². The summed E-state index contributed by atoms with van der Waals surface area (Å²) in [6, 6.07) is 41.5. The van der Waals surface area contributed by atoms with Crippen LogP contribution in [0.1, 0.15) is 54.1 Å². The molecule has 0 fully saturated rings. The molecule has 0 saturated heterocycles. The fourth-order valence-electron chi connectivity index (χ4n) is 9.57. The molecule has 0 saturated carbocycles. The topological polar surface area (TPSA) is 52.2 Å². The lowest BCUT2D eigenvalue weighted by atomic mass is 10.0. The van der Waals surface area contributed by atoms with Gasteiger partial charge in [-0.2, -0.15) is 0 Å². The molecule has 0 unspecified atom stereocenters. The lowest BCUT2D eigenvalue weighted by Crippen LogP contribution is -2.24. The number of amides is 2. The van der Waals surface area contributed by atoms with Gasteiger partial charge in [0.15, 0.2) is 0 Å². The van der Waals surface area contributed by atoms with E-state index < -0.39 is 0 Å². The molecule has 2 amide bonds. The Kier molecular flexibility index (Phi) is 6.78. The minimum Gasteiger partial charge on any atom is -0.307 e. The van der Waals surface area contributed by atoms with Crippen LogP contribution in [0.5, 0.6) is 0 Å². The van der Waals surface area contributed by atoms with Crippen LogP contribution in [0, 0.1) is 41.5 Å². The van der Waals surface area contributed by atoms with Gasteiger partial charge in [-0.05, 0) is 120 Å². The number of carbonyl (C=O) groups is 2. The molecule has 57 heavy (non-hydrogen) atoms. The minimum atomic E-state index is -0.312. The van der Waals surface area contributed by atoms with Crippen molar-refractivity contribution in [3.63, 3.8) is 0 Å². The van der Waals surface area contributed by atoms with Crippen molar-refractivity contribution in [2.24, 2.45) is 0 Å². The Labute approximate surface area is 329 Å². The molecule has 0 atom stereocenters. The van der Waals surface area contributed by atoms with Crippen molar-refractivity contribution in [1.29, 1.82) is 0 Å². The van der Waals surface area contributed by atoms with Crippen molar-refractivity contribution in [3.05, 3.63) is 160 Å². The van der Waals surface area contributed by atoms with Gasteiger partial charge >= 0.3 is 0 Å². The fourth-order valence-corrected chi connectivity index (χ4v) is 9.57. The van der Waals surface area contributed by atoms with E-state index in [4.69, 9.17) is 0 Å². The molecular formula is C51H40N4O2. The fraction of sp³-hybridized carbons (Fsp3) is 0.137. The predicted molar refractivity (Wildman–Crippen MR) is 234 cm³/mol. The lowest BCUT2D eigenvalue weighted by molar-refractivity contribution is 0.0693. The maximum atomic E-state index is 14.8. The molecule has 3 aromatic heterocycles. The third-order valence-electron chi connectivity index (χ3n) is 12.2. The van der Waals surface area contributed by atoms with Crippen LogP contribution < -0.4 is 0 Å². The Hall–Kier alpha value is -6.92. The summed E-state index contributed by atoms with van der Waals surface area (Å²) in [4.78, 5) is 30.6. The molecule has 0 radical (unpaired) electrons. The molecule has 7 aromatic carbocycles. The molecule has 4 heterocycles. The second-order valence-electron chi connectivity index (χ2n) is 16.3. The summed E-state index contributed by atoms with van der Waals surface area (Å²) < 4.78 is 6.93. The Morgan fingerprint density at radius 2 is 0.649 bits per heavy atom. The van der Waals surface area contributed by atoms with E-state index in [9.17, 15) is 9.59 Å². The van der Waals surface area contributed by atoms with Crippen LogP contribution in [-0.2, 0) is 0 Å². The summed E-state index contributed by atoms with van der Waals surface area (Å²) in [5, 5.41) is 6.73. The van der Waals surface area contributed by atoms with Crippen LogP contribution in [0.2, 0.25) is 0 Å². The summed E-state index contributed by atoms with van der Waals surface area (Å²) in [6.07, 6.45) is 0. The Morgan fingerprint density at radius 1 is 0.351 bits per heavy atom. The van der Waals surface area contributed by atoms with Crippen LogP contribution in [0.25, 0.3) is 82.5 Å². The van der Waals surface area contributed by atoms with E-state index in [1.807, 2.05) is 6.07 Å². The van der Waals surface area contributed by atoms with Gasteiger partial charge in [-0.3, -0.25) is 14.5 Å². The smallest absolute Gasteiger partial charge is 0.263 e. The van der Waals surface area contributed by atoms with Gasteiger partial charge in [0.2, 0.25) is 0 Å². The maximum absolute atomic E-state index is 14.8. The number of nitrogens with zero attached hydrogens (tertiary/aromatic N) is 4. The van der Waals surface area contributed by atoms with E-state index in [0.29, 0.717) is 16.8 Å². The second-order valence-corrected chi connectivity index (χ2v) is 16.3. The van der Waals surface area contributed by atoms with E-state index in [1.165, 1.54) is 27.2 Å². The number of hydrogen-bond donors (Lipinski definition) is 0. The van der Waals surface area contributed by atoms with Crippen molar-refractivity contribution in [2.45, 2.75) is 41.5 Å². The number of rotatable bonds is 3. The van der Waals surface area contributed by atoms with Crippen molar-refractivity contribution in [2.75, 3.05) is 7.05 Å². The van der Waals surface area contributed by atoms with E-state index >= 15 is 0 Å². The number of carbonyl (C=O) groups excluding carboxylic acids is 2. The Bertz CT molecular complexity index is 3300. The zero-order valence-electron chi connectivity index (χ0n) is 33.1. The van der Waals surface area contributed by atoms with Crippen LogP contribution in [-0.4, -0.2) is 37.5 Å². The molecule has 0 spiro atoms. The highest BCUT2D eigenvalue weighted by molar-refractivity contribution is 6.25. The molecule has 6 nitrogen and oxygen atoms in total. The summed E-state index contributed by atoms with van der Waals surface area (Å²) in [5.41, 5.74) is 16.2. The largest absolute Gasteiger partial charge is 0.307 e. The first-order valence-corrected chi connectivity index (χ1v) is 19.6. The van der Waals surface area contributed by atoms with E-state index in [2.05, 4.69) is 164 Å². The summed E-state index contributed by atoms with van der Waals surface area (Å²) >= 11 is 0. The molecule has 0 bridgehead atoms. The maximum Gasteiger partial charge on any atom is 0.263 e. The second kappa shape index (κ2) is 11.6. The van der Waals surface area contributed by atoms with E-state index in [-0.39, 0.29) is 11.8 Å². The molecule has 1 aliphatic rings. The molecule has 0 N–H and O–H groups in total. The van der Waals surface area contributed by atoms with Gasteiger partial charge in [0.05, 0.1) is 61.3 Å². The van der Waals surface area contributed by atoms with Gasteiger partial charge in [-0.1, -0.05) is 69.8 Å². The van der Waals surface area contributed by atoms with Crippen molar-refractivity contribution in [1.82, 2.24) is 18.6 Å². The first-order valence-electron chi connectivity index (χ1n) is 19.6. The normalized spacial score (nSPS) is 13.2. The van der Waals surface area contributed by atoms with Crippen LogP contribution in [0.3, 0.4) is 0 Å². The highest BCUT2D eigenvalue weighted by Crippen LogP contribution is 2.47. The monoisotopic (exact) mass is 740 g/mol. The summed E-state index contributed by atoms with van der Waals surface area (Å²) in [6.45, 7) is 12.8. The summed E-state index contributed by atoms with van der Waals surface area (Å²) in [5.74, 6) is -0.620. The average molecular weight is 741 g/mol. The standard InChI is InChI=1S/C51H40N4O2/c1-27-8-14-40-33(20-27)34-21-28(2)9-15-41(34)53(40)46-26-39-47(51(57)52(7)50(39)56)49(55-44-18-12-31(5)24-37(44)38-25-32(6)13-19-45(38)55)48(46)54-42-16-10-29(3)22-35(42)36-23-30(4)11-17-43(36)54/h8-26H,1-7H3. The van der Waals surface area contributed by atoms with Crippen molar-refractivity contribution >= 4 is 77.2 Å². The number of fused-ring (bicyclic) bond motifs is 10. The van der Waals surface area contributed by atoms with Crippen LogP contribution in [0.15, 0.2) is 115 Å². The van der Waals surface area contributed by atoms with Crippen LogP contribution in [0.4, 0.5) is 0 Å². The van der Waals surface area contributed by atoms with E-state index in [0.717, 1.165) is 87.9 Å². The number of imide groups is 1. The van der Waals surface area contributed by atoms with E-state index in [1.54, 1.807) is 7.05 Å². The average Bonchev–Trinajstić information content (AvgIpc) is 3.85. The number of benzene rings is 7. The zero-order valence-corrected chi connectivity index (χ0v) is 33.1. The first kappa shape index (κ1) is 33.4. The molecule has 10 aromatic rings. The Morgan fingerprint density at radius 3 is 0.982 bits per heavy atom. The van der Waals surface area contributed by atoms with Gasteiger partial charge in [-0.25, -0.2) is 0 Å². The number of aryl methyl sites for hydroxylation is 6. The third kappa shape index (κ3) is 4.52. The van der Waals surface area contributed by atoms with Crippen molar-refractivity contribution in [3.8, 4) is 17.1 Å². The number of aromatic nitrogens is 3. The highest BCUT2D eigenvalue weighted by Gasteiger charge is 2.40. The highest BCUT2D eigenvalue weighted by atomic mass is 16.2. The number of hydrogen-bond acceptors (Lipinski definition) is 2. The van der Waals surface area contributed by atoms with Crippen molar-refractivity contribution < 1.29 is 9.59 Å². The third-order valence-corrected chi connectivity index (χ3v) is 12.2. The molecule has 276 valence electrons. The molecule has 11 rings (SSSR count). The van der Waals surface area contributed by atoms with Gasteiger partial charge in [0.1, 0.15) is 0 Å². The molecule has 1 aliphatic heterocycles. The zero-order chi connectivity index (χ0) is 39.2. The lowest BCUT2D eigenvalue weighted by Gasteiger charge is -2.24. The minimum absolute atomic E-state index is 0.308. The quantitative estimate of drug-likeness (QED) is 0.169. The predicted octanol–water partition coefficient (Wildman–Crippen LogP) is 12.1. The Balaban J connectivity index is 1.46. The van der Waals surface area contributed by atoms with Gasteiger partial charge in [0.25, 0.3) is 11.8 Å². The summed E-state index contributed by atoms with van der Waals surface area (Å²) in [7, 11) is 1.60. The van der Waals surface area contributed by atoms with Gasteiger partial charge in [0, 0.05) is 39.4 Å². The molecule has 6 heteroatoms. The van der Waals surface area contributed by atoms with Crippen LogP contribution >= 0.6 is 0 Å². The molecular weight excluding hydrogens is 701 g/mol. The SMILES string of the molecule is Cc1ccc2c(c1)c1cc(C)ccc1n2-c1cc2c(c(-n3c4ccc(C)cc4c4cc(C)ccc43)c1-n1c3ccc(C)cc3c3cc(C)ccc31)C(=O)N(C)C2=O.